The topological polar surface area (TPSA) is 132 Å². The number of carbonyl (C=O) groups is 1. The SMILES string of the molecule is CC/C=C\C/C=C\C/C=C\C/C=C\C/C=C\C/C=C\CCCCCOCC(COP(=O)(O)OCC(O)CO)OC(=O)CCCCCCCCCCCCCCCCCCCCC. The highest BCUT2D eigenvalue weighted by atomic mass is 31.2. The Bertz CT molecular complexity index is 1190. The highest BCUT2D eigenvalue weighted by Gasteiger charge is 2.26. The van der Waals surface area contributed by atoms with Crippen molar-refractivity contribution in [2.24, 2.45) is 0 Å². The van der Waals surface area contributed by atoms with Crippen LogP contribution in [0.25, 0.3) is 0 Å². The predicted molar refractivity (Wildman–Crippen MR) is 260 cm³/mol. The summed E-state index contributed by atoms with van der Waals surface area (Å²) in [7, 11) is -4.53. The molecule has 9 nitrogen and oxygen atoms in total. The van der Waals surface area contributed by atoms with Crippen LogP contribution in [0.15, 0.2) is 72.9 Å². The molecule has 3 unspecified atom stereocenters. The van der Waals surface area contributed by atoms with Gasteiger partial charge in [-0.3, -0.25) is 13.8 Å². The van der Waals surface area contributed by atoms with E-state index in [-0.39, 0.29) is 13.0 Å². The number of unbranched alkanes of at least 4 members (excludes halogenated alkanes) is 21. The molecule has 0 saturated carbocycles. The number of esters is 1. The Morgan fingerprint density at radius 3 is 1.37 bits per heavy atom. The Labute approximate surface area is 380 Å². The predicted octanol–water partition coefficient (Wildman–Crippen LogP) is 14.5. The van der Waals surface area contributed by atoms with E-state index in [9.17, 15) is 19.4 Å². The minimum Gasteiger partial charge on any atom is -0.457 e. The maximum atomic E-state index is 12.7. The maximum absolute atomic E-state index is 12.7. The Morgan fingerprint density at radius 1 is 0.516 bits per heavy atom. The second kappa shape index (κ2) is 48.4. The molecule has 0 amide bonds. The summed E-state index contributed by atoms with van der Waals surface area (Å²) in [5, 5.41) is 18.4. The van der Waals surface area contributed by atoms with E-state index in [0.29, 0.717) is 6.61 Å². The molecule has 10 heteroatoms. The highest BCUT2D eigenvalue weighted by Crippen LogP contribution is 2.43. The monoisotopic (exact) mass is 893 g/mol. The number of allylic oxidation sites excluding steroid dienone is 12. The van der Waals surface area contributed by atoms with Crippen molar-refractivity contribution in [3.63, 3.8) is 0 Å². The molecule has 0 aromatic heterocycles. The van der Waals surface area contributed by atoms with E-state index in [1.807, 2.05) is 0 Å². The van der Waals surface area contributed by atoms with Gasteiger partial charge < -0.3 is 24.6 Å². The minimum absolute atomic E-state index is 0.0251. The van der Waals surface area contributed by atoms with Gasteiger partial charge in [-0.1, -0.05) is 209 Å². The highest BCUT2D eigenvalue weighted by molar-refractivity contribution is 7.47. The van der Waals surface area contributed by atoms with E-state index in [4.69, 9.17) is 23.6 Å². The summed E-state index contributed by atoms with van der Waals surface area (Å²) >= 11 is 0. The Balaban J connectivity index is 4.17. The van der Waals surface area contributed by atoms with Gasteiger partial charge in [0.2, 0.25) is 0 Å². The van der Waals surface area contributed by atoms with Crippen molar-refractivity contribution in [2.45, 2.75) is 219 Å². The van der Waals surface area contributed by atoms with E-state index in [1.54, 1.807) is 0 Å². The molecule has 0 aliphatic heterocycles. The van der Waals surface area contributed by atoms with Crippen LogP contribution in [0.3, 0.4) is 0 Å². The first kappa shape index (κ1) is 59.9. The molecule has 0 radical (unpaired) electrons. The lowest BCUT2D eigenvalue weighted by atomic mass is 10.0. The van der Waals surface area contributed by atoms with Gasteiger partial charge in [0.15, 0.2) is 0 Å². The lowest BCUT2D eigenvalue weighted by molar-refractivity contribution is -0.154. The molecule has 0 fully saturated rings. The fourth-order valence-corrected chi connectivity index (χ4v) is 7.44. The summed E-state index contributed by atoms with van der Waals surface area (Å²) in [5.41, 5.74) is 0. The van der Waals surface area contributed by atoms with Gasteiger partial charge in [0.25, 0.3) is 0 Å². The summed E-state index contributed by atoms with van der Waals surface area (Å²) in [6.07, 6.45) is 58.7. The third kappa shape index (κ3) is 47.4. The molecule has 3 atom stereocenters. The summed E-state index contributed by atoms with van der Waals surface area (Å²) < 4.78 is 33.5. The number of rotatable bonds is 47. The van der Waals surface area contributed by atoms with Gasteiger partial charge in [-0.15, -0.1) is 0 Å². The third-order valence-corrected chi connectivity index (χ3v) is 11.4. The maximum Gasteiger partial charge on any atom is 0.472 e. The normalized spacial score (nSPS) is 14.5. The van der Waals surface area contributed by atoms with Crippen molar-refractivity contribution < 1.29 is 43.0 Å². The first-order chi connectivity index (χ1) is 30.3. The van der Waals surface area contributed by atoms with E-state index < -0.39 is 45.8 Å². The van der Waals surface area contributed by atoms with Crippen LogP contribution in [0.4, 0.5) is 0 Å². The molecule has 0 aliphatic carbocycles. The number of hydrogen-bond donors (Lipinski definition) is 3. The standard InChI is InChI=1S/C52H93O9P/c1-3-5-7-9-11-13-15-17-19-21-23-24-25-27-29-31-33-35-37-39-41-43-45-58-48-51(49-60-62(56,57)59-47-50(54)46-53)61-52(55)44-42-40-38-36-34-32-30-28-26-22-20-18-16-14-12-10-8-6-4-2/h5,7,11,13,17,19,23-24,27,29,33,35,50-51,53-54H,3-4,6,8-10,12,14-16,18,20-22,25-26,28,30-32,34,36-49H2,1-2H3,(H,56,57)/b7-5-,13-11-,19-17-,24-23-,29-27-,35-33-. The molecule has 0 spiro atoms. The smallest absolute Gasteiger partial charge is 0.457 e. The van der Waals surface area contributed by atoms with Gasteiger partial charge in [0, 0.05) is 13.0 Å². The van der Waals surface area contributed by atoms with Crippen molar-refractivity contribution in [1.29, 1.82) is 0 Å². The van der Waals surface area contributed by atoms with Gasteiger partial charge in [-0.25, -0.2) is 4.57 Å². The van der Waals surface area contributed by atoms with E-state index >= 15 is 0 Å². The quantitative estimate of drug-likeness (QED) is 0.0236. The summed E-state index contributed by atoms with van der Waals surface area (Å²) in [6.45, 7) is 3.34. The molecule has 0 aromatic carbocycles. The van der Waals surface area contributed by atoms with Crippen LogP contribution in [-0.4, -0.2) is 66.3 Å². The number of ether oxygens (including phenoxy) is 2. The molecule has 0 heterocycles. The second-order valence-corrected chi connectivity index (χ2v) is 17.9. The number of carbonyl (C=O) groups excluding carboxylic acids is 1. The number of aliphatic hydroxyl groups excluding tert-OH is 2. The summed E-state index contributed by atoms with van der Waals surface area (Å²) in [5.74, 6) is -0.394. The first-order valence-electron chi connectivity index (χ1n) is 24.9. The molecular formula is C52H93O9P. The Morgan fingerprint density at radius 2 is 0.919 bits per heavy atom. The van der Waals surface area contributed by atoms with E-state index in [2.05, 4.69) is 86.8 Å². The van der Waals surface area contributed by atoms with Crippen molar-refractivity contribution in [1.82, 2.24) is 0 Å². The first-order valence-corrected chi connectivity index (χ1v) is 26.4. The molecule has 0 aliphatic rings. The van der Waals surface area contributed by atoms with Gasteiger partial charge >= 0.3 is 13.8 Å². The zero-order chi connectivity index (χ0) is 45.3. The largest absolute Gasteiger partial charge is 0.472 e. The lowest BCUT2D eigenvalue weighted by Crippen LogP contribution is -2.29. The van der Waals surface area contributed by atoms with Crippen LogP contribution in [0, 0.1) is 0 Å². The molecule has 62 heavy (non-hydrogen) atoms. The Kier molecular flexibility index (Phi) is 46.7. The van der Waals surface area contributed by atoms with Crippen molar-refractivity contribution >= 4 is 13.8 Å². The molecule has 0 aromatic rings. The summed E-state index contributed by atoms with van der Waals surface area (Å²) in [6, 6.07) is 0. The van der Waals surface area contributed by atoms with Crippen molar-refractivity contribution in [2.75, 3.05) is 33.0 Å². The van der Waals surface area contributed by atoms with Gasteiger partial charge in [-0.2, -0.15) is 0 Å². The third-order valence-electron chi connectivity index (χ3n) is 10.4. The number of hydrogen-bond acceptors (Lipinski definition) is 8. The number of phosphoric acid groups is 1. The zero-order valence-corrected chi connectivity index (χ0v) is 40.5. The number of phosphoric ester groups is 1. The van der Waals surface area contributed by atoms with E-state index in [0.717, 1.165) is 83.5 Å². The van der Waals surface area contributed by atoms with Gasteiger partial charge in [0.05, 0.1) is 26.4 Å². The van der Waals surface area contributed by atoms with Crippen LogP contribution >= 0.6 is 7.82 Å². The van der Waals surface area contributed by atoms with Crippen LogP contribution in [0.5, 0.6) is 0 Å². The van der Waals surface area contributed by atoms with Crippen molar-refractivity contribution in [3.8, 4) is 0 Å². The van der Waals surface area contributed by atoms with Gasteiger partial charge in [0.1, 0.15) is 12.2 Å². The molecule has 0 bridgehead atoms. The lowest BCUT2D eigenvalue weighted by Gasteiger charge is -2.20. The fraction of sp³-hybridized carbons (Fsp3) is 0.750. The second-order valence-electron chi connectivity index (χ2n) is 16.5. The average Bonchev–Trinajstić information content (AvgIpc) is 3.26. The molecular weight excluding hydrogens is 800 g/mol. The molecule has 360 valence electrons. The van der Waals surface area contributed by atoms with E-state index in [1.165, 1.54) is 103 Å². The van der Waals surface area contributed by atoms with Crippen LogP contribution in [-0.2, 0) is 27.9 Å². The van der Waals surface area contributed by atoms with Gasteiger partial charge in [-0.05, 0) is 64.2 Å². The van der Waals surface area contributed by atoms with Crippen LogP contribution in [0.1, 0.15) is 206 Å². The fourth-order valence-electron chi connectivity index (χ4n) is 6.65. The minimum atomic E-state index is -4.53. The van der Waals surface area contributed by atoms with Crippen molar-refractivity contribution in [3.05, 3.63) is 72.9 Å². The summed E-state index contributed by atoms with van der Waals surface area (Å²) in [4.78, 5) is 22.7. The number of aliphatic hydroxyl groups is 2. The Hall–Kier alpha value is -2.10. The van der Waals surface area contributed by atoms with Crippen LogP contribution < -0.4 is 0 Å². The molecule has 0 saturated heterocycles. The molecule has 3 N–H and O–H groups in total. The zero-order valence-electron chi connectivity index (χ0n) is 39.6. The average molecular weight is 893 g/mol. The molecule has 0 rings (SSSR count). The van der Waals surface area contributed by atoms with Crippen LogP contribution in [0.2, 0.25) is 0 Å².